The highest BCUT2D eigenvalue weighted by Gasteiger charge is 2.39. The van der Waals surface area contributed by atoms with Crippen molar-refractivity contribution < 1.29 is 14.3 Å². The quantitative estimate of drug-likeness (QED) is 0.624. The lowest BCUT2D eigenvalue weighted by Crippen LogP contribution is -2.57. The Hall–Kier alpha value is -1.59. The average molecular weight is 363 g/mol. The third-order valence-electron chi connectivity index (χ3n) is 5.48. The maximum Gasteiger partial charge on any atom is 0.410 e. The molecule has 0 spiro atoms. The number of rotatable bonds is 9. The maximum absolute atomic E-state index is 12.4. The number of carbonyl (C=O) groups excluding carboxylic acids is 1. The molecule has 0 aliphatic carbocycles. The topological polar surface area (TPSA) is 42.0 Å². The monoisotopic (exact) mass is 362 g/mol. The van der Waals surface area contributed by atoms with Gasteiger partial charge in [0.05, 0.1) is 6.61 Å². The van der Waals surface area contributed by atoms with Crippen molar-refractivity contribution in [2.24, 2.45) is 0 Å². The summed E-state index contributed by atoms with van der Waals surface area (Å²) in [4.78, 5) is 16.7. The Kier molecular flexibility index (Phi) is 8.39. The van der Waals surface area contributed by atoms with Crippen molar-refractivity contribution in [2.75, 3.05) is 40.4 Å². The van der Waals surface area contributed by atoms with Gasteiger partial charge in [-0.25, -0.2) is 4.79 Å². The molecule has 0 atom stereocenters. The van der Waals surface area contributed by atoms with E-state index in [4.69, 9.17) is 9.47 Å². The zero-order valence-electron chi connectivity index (χ0n) is 16.6. The summed E-state index contributed by atoms with van der Waals surface area (Å²) >= 11 is 0. The number of ether oxygens (including phenoxy) is 2. The van der Waals surface area contributed by atoms with Crippen LogP contribution in [0.1, 0.15) is 44.6 Å². The molecule has 1 aliphatic rings. The van der Waals surface area contributed by atoms with Crippen LogP contribution in [0.15, 0.2) is 30.3 Å². The summed E-state index contributed by atoms with van der Waals surface area (Å²) in [6, 6.07) is 9.81. The Bertz CT molecular complexity index is 527. The molecular weight excluding hydrogens is 328 g/mol. The van der Waals surface area contributed by atoms with Crippen LogP contribution in [0.2, 0.25) is 0 Å². The zero-order valence-corrected chi connectivity index (χ0v) is 16.6. The summed E-state index contributed by atoms with van der Waals surface area (Å²) in [6.45, 7) is 5.78. The van der Waals surface area contributed by atoms with Crippen LogP contribution in [0.3, 0.4) is 0 Å². The highest BCUT2D eigenvalue weighted by atomic mass is 16.6. The fraction of sp³-hybridized carbons (Fsp3) is 0.667. The van der Waals surface area contributed by atoms with Crippen molar-refractivity contribution in [1.29, 1.82) is 0 Å². The second-order valence-corrected chi connectivity index (χ2v) is 7.31. The van der Waals surface area contributed by atoms with E-state index in [9.17, 15) is 4.79 Å². The van der Waals surface area contributed by atoms with Crippen molar-refractivity contribution in [3.8, 4) is 0 Å². The van der Waals surface area contributed by atoms with Crippen molar-refractivity contribution in [3.05, 3.63) is 35.9 Å². The van der Waals surface area contributed by atoms with Crippen LogP contribution in [0.5, 0.6) is 0 Å². The molecule has 1 amide bonds. The Morgan fingerprint density at radius 2 is 1.88 bits per heavy atom. The number of benzene rings is 1. The highest BCUT2D eigenvalue weighted by molar-refractivity contribution is 5.67. The fourth-order valence-electron chi connectivity index (χ4n) is 3.66. The molecule has 0 unspecified atom stereocenters. The maximum atomic E-state index is 12.4. The van der Waals surface area contributed by atoms with Crippen molar-refractivity contribution in [1.82, 2.24) is 9.80 Å². The Balaban J connectivity index is 1.84. The second kappa shape index (κ2) is 10.5. The summed E-state index contributed by atoms with van der Waals surface area (Å²) in [5.41, 5.74) is 1.04. The summed E-state index contributed by atoms with van der Waals surface area (Å²) in [7, 11) is 3.96. The standard InChI is InChI=1S/C21H34N2O3/c1-4-5-9-14-22(2)21(18-25-3)12-15-23(16-13-21)20(24)26-17-19-10-7-6-8-11-19/h6-8,10-11H,4-5,9,12-18H2,1-3H3. The Labute approximate surface area is 158 Å². The molecule has 1 saturated heterocycles. The number of hydrogen-bond acceptors (Lipinski definition) is 4. The summed E-state index contributed by atoms with van der Waals surface area (Å²) in [5.74, 6) is 0. The van der Waals surface area contributed by atoms with Gasteiger partial charge >= 0.3 is 6.09 Å². The van der Waals surface area contributed by atoms with Gasteiger partial charge in [0, 0.05) is 25.7 Å². The SMILES string of the molecule is CCCCCN(C)C1(COC)CCN(C(=O)OCc2ccccc2)CC1. The van der Waals surface area contributed by atoms with Crippen LogP contribution in [0.4, 0.5) is 4.79 Å². The van der Waals surface area contributed by atoms with Crippen LogP contribution < -0.4 is 0 Å². The van der Waals surface area contributed by atoms with Crippen molar-refractivity contribution >= 4 is 6.09 Å². The molecule has 1 heterocycles. The van der Waals surface area contributed by atoms with Gasteiger partial charge in [-0.3, -0.25) is 4.90 Å². The number of amides is 1. The van der Waals surface area contributed by atoms with E-state index in [0.717, 1.165) is 38.0 Å². The molecule has 1 fully saturated rings. The van der Waals surface area contributed by atoms with Crippen molar-refractivity contribution in [3.63, 3.8) is 0 Å². The highest BCUT2D eigenvalue weighted by Crippen LogP contribution is 2.29. The largest absolute Gasteiger partial charge is 0.445 e. The number of likely N-dealkylation sites (N-methyl/N-ethyl adjacent to an activating group) is 1. The lowest BCUT2D eigenvalue weighted by atomic mass is 9.86. The molecular formula is C21H34N2O3. The molecule has 0 N–H and O–H groups in total. The van der Waals surface area contributed by atoms with Gasteiger partial charge in [0.1, 0.15) is 6.61 Å². The molecule has 0 saturated carbocycles. The lowest BCUT2D eigenvalue weighted by Gasteiger charge is -2.47. The number of hydrogen-bond donors (Lipinski definition) is 0. The minimum Gasteiger partial charge on any atom is -0.445 e. The van der Waals surface area contributed by atoms with E-state index in [2.05, 4.69) is 18.9 Å². The third-order valence-corrected chi connectivity index (χ3v) is 5.48. The summed E-state index contributed by atoms with van der Waals surface area (Å²) in [5, 5.41) is 0. The van der Waals surface area contributed by atoms with Gasteiger partial charge in [-0.15, -0.1) is 0 Å². The predicted molar refractivity (Wildman–Crippen MR) is 104 cm³/mol. The number of carbonyl (C=O) groups is 1. The molecule has 0 radical (unpaired) electrons. The number of unbranched alkanes of at least 4 members (excludes halogenated alkanes) is 2. The van der Waals surface area contributed by atoms with Gasteiger partial charge in [0.15, 0.2) is 0 Å². The van der Waals surface area contributed by atoms with Crippen molar-refractivity contribution in [2.45, 2.75) is 51.2 Å². The molecule has 5 heteroatoms. The van der Waals surface area contributed by atoms with Crippen LogP contribution in [-0.4, -0.2) is 61.8 Å². The number of likely N-dealkylation sites (tertiary alicyclic amines) is 1. The minimum absolute atomic E-state index is 0.0265. The fourth-order valence-corrected chi connectivity index (χ4v) is 3.66. The van der Waals surface area contributed by atoms with E-state index in [1.165, 1.54) is 19.3 Å². The average Bonchev–Trinajstić information content (AvgIpc) is 2.68. The number of piperidine rings is 1. The smallest absolute Gasteiger partial charge is 0.410 e. The van der Waals surface area contributed by atoms with E-state index >= 15 is 0 Å². The molecule has 26 heavy (non-hydrogen) atoms. The first-order valence-electron chi connectivity index (χ1n) is 9.77. The first-order chi connectivity index (χ1) is 12.6. The summed E-state index contributed by atoms with van der Waals surface area (Å²) < 4.78 is 11.0. The van der Waals surface area contributed by atoms with Gasteiger partial charge in [-0.2, -0.15) is 0 Å². The van der Waals surface area contributed by atoms with Crippen LogP contribution in [-0.2, 0) is 16.1 Å². The first-order valence-corrected chi connectivity index (χ1v) is 9.77. The number of nitrogens with zero attached hydrogens (tertiary/aromatic N) is 2. The van der Waals surface area contributed by atoms with Crippen LogP contribution in [0.25, 0.3) is 0 Å². The molecule has 1 aromatic carbocycles. The van der Waals surface area contributed by atoms with Gasteiger partial charge in [-0.1, -0.05) is 50.1 Å². The number of methoxy groups -OCH3 is 1. The Morgan fingerprint density at radius 3 is 2.50 bits per heavy atom. The Morgan fingerprint density at radius 1 is 1.19 bits per heavy atom. The van der Waals surface area contributed by atoms with Gasteiger partial charge in [0.25, 0.3) is 0 Å². The normalized spacial score (nSPS) is 16.7. The van der Waals surface area contributed by atoms with Crippen LogP contribution >= 0.6 is 0 Å². The molecule has 0 bridgehead atoms. The van der Waals surface area contributed by atoms with Gasteiger partial charge in [0.2, 0.25) is 0 Å². The lowest BCUT2D eigenvalue weighted by molar-refractivity contribution is -0.0206. The molecule has 5 nitrogen and oxygen atoms in total. The van der Waals surface area contributed by atoms with E-state index in [1.54, 1.807) is 7.11 Å². The second-order valence-electron chi connectivity index (χ2n) is 7.31. The molecule has 146 valence electrons. The summed E-state index contributed by atoms with van der Waals surface area (Å²) in [6.07, 6.45) is 5.32. The minimum atomic E-state index is -0.214. The van der Waals surface area contributed by atoms with E-state index in [0.29, 0.717) is 13.2 Å². The molecule has 1 aliphatic heterocycles. The molecule has 0 aromatic heterocycles. The van der Waals surface area contributed by atoms with Gasteiger partial charge in [-0.05, 0) is 38.4 Å². The molecule has 1 aromatic rings. The van der Waals surface area contributed by atoms with E-state index in [-0.39, 0.29) is 11.6 Å². The van der Waals surface area contributed by atoms with Crippen LogP contribution in [0, 0.1) is 0 Å². The predicted octanol–water partition coefficient (Wildman–Crippen LogP) is 3.93. The third kappa shape index (κ3) is 5.71. The van der Waals surface area contributed by atoms with E-state index in [1.807, 2.05) is 35.2 Å². The van der Waals surface area contributed by atoms with E-state index < -0.39 is 0 Å². The van der Waals surface area contributed by atoms with Gasteiger partial charge < -0.3 is 14.4 Å². The molecule has 2 rings (SSSR count). The zero-order chi connectivity index (χ0) is 18.8. The first kappa shape index (κ1) is 20.7.